The van der Waals surface area contributed by atoms with E-state index in [4.69, 9.17) is 11.6 Å². The Bertz CT molecular complexity index is 470. The normalized spacial score (nSPS) is 21.1. The first-order valence-corrected chi connectivity index (χ1v) is 8.85. The van der Waals surface area contributed by atoms with Crippen molar-refractivity contribution in [2.24, 2.45) is 5.41 Å². The van der Waals surface area contributed by atoms with Gasteiger partial charge in [-0.2, -0.15) is 0 Å². The van der Waals surface area contributed by atoms with Crippen molar-refractivity contribution >= 4 is 17.3 Å². The third kappa shape index (κ3) is 3.22. The lowest BCUT2D eigenvalue weighted by atomic mass is 9.77. The Balaban J connectivity index is 1.74. The van der Waals surface area contributed by atoms with E-state index in [2.05, 4.69) is 29.3 Å². The highest BCUT2D eigenvalue weighted by molar-refractivity contribution is 6.31. The van der Waals surface area contributed by atoms with Crippen LogP contribution >= 0.6 is 11.6 Å². The van der Waals surface area contributed by atoms with E-state index >= 15 is 0 Å². The van der Waals surface area contributed by atoms with Gasteiger partial charge in [-0.3, -0.25) is 0 Å². The minimum Gasteiger partial charge on any atom is -0.371 e. The van der Waals surface area contributed by atoms with Gasteiger partial charge >= 0.3 is 0 Å². The summed E-state index contributed by atoms with van der Waals surface area (Å²) in [5.74, 6) is 0. The van der Waals surface area contributed by atoms with Crippen LogP contribution in [0.15, 0.2) is 18.2 Å². The zero-order chi connectivity index (χ0) is 14.7. The molecule has 2 nitrogen and oxygen atoms in total. The van der Waals surface area contributed by atoms with Gasteiger partial charge in [-0.1, -0.05) is 37.4 Å². The van der Waals surface area contributed by atoms with E-state index in [-0.39, 0.29) is 0 Å². The fourth-order valence-electron chi connectivity index (χ4n) is 4.12. The highest BCUT2D eigenvalue weighted by Gasteiger charge is 2.37. The van der Waals surface area contributed by atoms with Gasteiger partial charge in [0.05, 0.1) is 0 Å². The minimum atomic E-state index is 0.677. The molecule has 1 saturated carbocycles. The van der Waals surface area contributed by atoms with Gasteiger partial charge in [-0.25, -0.2) is 0 Å². The van der Waals surface area contributed by atoms with Crippen LogP contribution in [0.2, 0.25) is 5.02 Å². The number of anilines is 1. The zero-order valence-electron chi connectivity index (χ0n) is 13.1. The van der Waals surface area contributed by atoms with Crippen molar-refractivity contribution in [3.8, 4) is 0 Å². The summed E-state index contributed by atoms with van der Waals surface area (Å²) in [5.41, 5.74) is 3.29. The van der Waals surface area contributed by atoms with Crippen molar-refractivity contribution in [2.45, 2.75) is 52.0 Å². The summed E-state index contributed by atoms with van der Waals surface area (Å²) in [5, 5.41) is 4.32. The summed E-state index contributed by atoms with van der Waals surface area (Å²) >= 11 is 6.44. The molecule has 1 saturated heterocycles. The van der Waals surface area contributed by atoms with Gasteiger partial charge in [0.15, 0.2) is 0 Å². The second-order valence-corrected chi connectivity index (χ2v) is 7.12. The number of piperidine rings is 1. The lowest BCUT2D eigenvalue weighted by Crippen LogP contribution is -2.39. The summed E-state index contributed by atoms with van der Waals surface area (Å²) in [6.07, 6.45) is 8.53. The predicted molar refractivity (Wildman–Crippen MR) is 91.2 cm³/mol. The quantitative estimate of drug-likeness (QED) is 0.874. The van der Waals surface area contributed by atoms with Crippen LogP contribution in [0.25, 0.3) is 0 Å². The molecular formula is C18H27ClN2. The number of nitrogens with zero attached hydrogens (tertiary/aromatic N) is 1. The average Bonchev–Trinajstić information content (AvgIpc) is 2.95. The van der Waals surface area contributed by atoms with E-state index in [1.807, 2.05) is 6.07 Å². The molecule has 21 heavy (non-hydrogen) atoms. The van der Waals surface area contributed by atoms with E-state index in [1.54, 1.807) is 0 Å². The topological polar surface area (TPSA) is 15.3 Å². The van der Waals surface area contributed by atoms with Gasteiger partial charge in [0.25, 0.3) is 0 Å². The molecule has 1 aliphatic carbocycles. The van der Waals surface area contributed by atoms with Crippen LogP contribution in [0.4, 0.5) is 5.69 Å². The molecule has 1 aromatic carbocycles. The van der Waals surface area contributed by atoms with Crippen molar-refractivity contribution in [3.63, 3.8) is 0 Å². The fourth-order valence-corrected chi connectivity index (χ4v) is 4.35. The van der Waals surface area contributed by atoms with Gasteiger partial charge in [0.2, 0.25) is 0 Å². The third-order valence-corrected chi connectivity index (χ3v) is 5.83. The van der Waals surface area contributed by atoms with Crippen LogP contribution < -0.4 is 10.2 Å². The molecule has 2 fully saturated rings. The summed E-state index contributed by atoms with van der Waals surface area (Å²) < 4.78 is 0. The molecule has 0 unspecified atom stereocenters. The van der Waals surface area contributed by atoms with Crippen molar-refractivity contribution in [3.05, 3.63) is 28.8 Å². The van der Waals surface area contributed by atoms with Crippen LogP contribution in [0, 0.1) is 5.41 Å². The number of rotatable bonds is 4. The molecule has 0 radical (unpaired) electrons. The maximum absolute atomic E-state index is 6.44. The van der Waals surface area contributed by atoms with Crippen molar-refractivity contribution in [1.82, 2.24) is 5.32 Å². The van der Waals surface area contributed by atoms with Crippen molar-refractivity contribution < 1.29 is 0 Å². The van der Waals surface area contributed by atoms with Crippen LogP contribution in [0.3, 0.4) is 0 Å². The van der Waals surface area contributed by atoms with E-state index in [1.165, 1.54) is 62.9 Å². The number of benzene rings is 1. The molecule has 0 aromatic heterocycles. The summed E-state index contributed by atoms with van der Waals surface area (Å²) in [7, 11) is 0. The third-order valence-electron chi connectivity index (χ3n) is 5.47. The predicted octanol–water partition coefficient (Wildman–Crippen LogP) is 4.61. The summed E-state index contributed by atoms with van der Waals surface area (Å²) in [6.45, 7) is 6.38. The van der Waals surface area contributed by atoms with Gasteiger partial charge in [0, 0.05) is 35.9 Å². The highest BCUT2D eigenvalue weighted by atomic mass is 35.5. The Kier molecular flexibility index (Phi) is 4.75. The molecule has 116 valence electrons. The molecule has 0 amide bonds. The average molecular weight is 307 g/mol. The van der Waals surface area contributed by atoms with E-state index in [0.29, 0.717) is 5.41 Å². The molecule has 3 heteroatoms. The Labute approximate surface area is 133 Å². The molecule has 0 atom stereocenters. The number of hydrogen-bond acceptors (Lipinski definition) is 2. The van der Waals surface area contributed by atoms with E-state index < -0.39 is 0 Å². The Hall–Kier alpha value is -0.730. The SMILES string of the molecule is CCNCc1c(Cl)cccc1N1CCC2(CCCC2)CC1. The molecule has 1 aliphatic heterocycles. The van der Waals surface area contributed by atoms with Gasteiger partial charge in [0.1, 0.15) is 0 Å². The number of hydrogen-bond donors (Lipinski definition) is 1. The molecule has 0 bridgehead atoms. The Morgan fingerprint density at radius 1 is 1.14 bits per heavy atom. The standard InChI is InChI=1S/C18H27ClN2/c1-2-20-14-15-16(19)6-5-7-17(15)21-12-10-18(11-13-21)8-3-4-9-18/h5-7,20H,2-4,8-14H2,1H3. The van der Waals surface area contributed by atoms with Gasteiger partial charge in [-0.15, -0.1) is 0 Å². The van der Waals surface area contributed by atoms with Crippen LogP contribution in [0.1, 0.15) is 51.0 Å². The number of halogens is 1. The lowest BCUT2D eigenvalue weighted by Gasteiger charge is -2.41. The fraction of sp³-hybridized carbons (Fsp3) is 0.667. The maximum Gasteiger partial charge on any atom is 0.0471 e. The monoisotopic (exact) mass is 306 g/mol. The van der Waals surface area contributed by atoms with Crippen molar-refractivity contribution in [2.75, 3.05) is 24.5 Å². The highest BCUT2D eigenvalue weighted by Crippen LogP contribution is 2.47. The Morgan fingerprint density at radius 2 is 1.86 bits per heavy atom. The maximum atomic E-state index is 6.44. The zero-order valence-corrected chi connectivity index (χ0v) is 13.9. The second kappa shape index (κ2) is 6.58. The van der Waals surface area contributed by atoms with E-state index in [0.717, 1.165) is 18.1 Å². The van der Waals surface area contributed by atoms with Gasteiger partial charge < -0.3 is 10.2 Å². The second-order valence-electron chi connectivity index (χ2n) is 6.71. The molecule has 1 heterocycles. The summed E-state index contributed by atoms with van der Waals surface area (Å²) in [4.78, 5) is 2.56. The molecule has 2 aliphatic rings. The molecule has 1 N–H and O–H groups in total. The first kappa shape index (κ1) is 15.2. The van der Waals surface area contributed by atoms with E-state index in [9.17, 15) is 0 Å². The summed E-state index contributed by atoms with van der Waals surface area (Å²) in [6, 6.07) is 6.35. The van der Waals surface area contributed by atoms with Crippen LogP contribution in [-0.4, -0.2) is 19.6 Å². The van der Waals surface area contributed by atoms with Crippen LogP contribution in [-0.2, 0) is 6.54 Å². The molecule has 1 spiro atoms. The molecule has 1 aromatic rings. The van der Waals surface area contributed by atoms with Crippen LogP contribution in [0.5, 0.6) is 0 Å². The lowest BCUT2D eigenvalue weighted by molar-refractivity contribution is 0.226. The minimum absolute atomic E-state index is 0.677. The number of nitrogens with one attached hydrogen (secondary N) is 1. The molecule has 3 rings (SSSR count). The van der Waals surface area contributed by atoms with Crippen molar-refractivity contribution in [1.29, 1.82) is 0 Å². The largest absolute Gasteiger partial charge is 0.371 e. The van der Waals surface area contributed by atoms with Gasteiger partial charge in [-0.05, 0) is 49.8 Å². The molecular weight excluding hydrogens is 280 g/mol. The first-order chi connectivity index (χ1) is 10.2. The Morgan fingerprint density at radius 3 is 2.52 bits per heavy atom. The first-order valence-electron chi connectivity index (χ1n) is 8.47. The smallest absolute Gasteiger partial charge is 0.0471 e.